The average molecular weight is 231 g/mol. The number of fused-ring (bicyclic) bond motifs is 1. The Bertz CT molecular complexity index is 512. The van der Waals surface area contributed by atoms with Gasteiger partial charge in [0, 0.05) is 6.20 Å². The lowest BCUT2D eigenvalue weighted by Crippen LogP contribution is -2.11. The number of alkyl halides is 3. The zero-order valence-corrected chi connectivity index (χ0v) is 8.05. The van der Waals surface area contributed by atoms with E-state index in [1.54, 1.807) is 12.1 Å². The van der Waals surface area contributed by atoms with Crippen molar-refractivity contribution in [2.75, 3.05) is 0 Å². The first-order valence-electron chi connectivity index (χ1n) is 3.87. The third kappa shape index (κ3) is 1.87. The summed E-state index contributed by atoms with van der Waals surface area (Å²) in [6.07, 6.45) is -3.22. The van der Waals surface area contributed by atoms with Gasteiger partial charge in [0.15, 0.2) is 5.65 Å². The maximum atomic E-state index is 12.3. The van der Waals surface area contributed by atoms with Crippen LogP contribution in [-0.4, -0.2) is 15.0 Å². The van der Waals surface area contributed by atoms with E-state index in [0.717, 1.165) is 0 Å². The largest absolute Gasteiger partial charge is 0.451 e. The lowest BCUT2D eigenvalue weighted by molar-refractivity contribution is -0.145. The SMILES string of the molecule is FC(F)(F)c1nc(S)c2cccnc2n1. The Labute approximate surface area is 87.8 Å². The van der Waals surface area contributed by atoms with E-state index in [0.29, 0.717) is 5.39 Å². The molecule has 0 aliphatic rings. The van der Waals surface area contributed by atoms with Gasteiger partial charge in [-0.05, 0) is 12.1 Å². The first-order chi connectivity index (χ1) is 6.98. The molecule has 0 atom stereocenters. The van der Waals surface area contributed by atoms with E-state index in [1.165, 1.54) is 6.20 Å². The highest BCUT2D eigenvalue weighted by Gasteiger charge is 2.35. The van der Waals surface area contributed by atoms with Crippen molar-refractivity contribution in [1.29, 1.82) is 0 Å². The molecule has 15 heavy (non-hydrogen) atoms. The molecule has 0 fully saturated rings. The van der Waals surface area contributed by atoms with Crippen LogP contribution in [0, 0.1) is 0 Å². The predicted octanol–water partition coefficient (Wildman–Crippen LogP) is 2.33. The van der Waals surface area contributed by atoms with Crippen LogP contribution in [0.3, 0.4) is 0 Å². The molecule has 2 aromatic heterocycles. The summed E-state index contributed by atoms with van der Waals surface area (Å²) in [6, 6.07) is 3.14. The highest BCUT2D eigenvalue weighted by Crippen LogP contribution is 2.28. The molecule has 2 heterocycles. The summed E-state index contributed by atoms with van der Waals surface area (Å²) < 4.78 is 36.9. The van der Waals surface area contributed by atoms with E-state index in [4.69, 9.17) is 0 Å². The van der Waals surface area contributed by atoms with Crippen molar-refractivity contribution in [2.24, 2.45) is 0 Å². The summed E-state index contributed by atoms with van der Waals surface area (Å²) >= 11 is 3.86. The monoisotopic (exact) mass is 231 g/mol. The topological polar surface area (TPSA) is 38.7 Å². The van der Waals surface area contributed by atoms with Crippen molar-refractivity contribution in [3.05, 3.63) is 24.2 Å². The van der Waals surface area contributed by atoms with Gasteiger partial charge in [-0.25, -0.2) is 15.0 Å². The number of halogens is 3. The normalized spacial score (nSPS) is 12.0. The molecule has 0 aromatic carbocycles. The first kappa shape index (κ1) is 10.2. The van der Waals surface area contributed by atoms with Crippen LogP contribution in [0.15, 0.2) is 23.4 Å². The number of rotatable bonds is 0. The van der Waals surface area contributed by atoms with E-state index in [9.17, 15) is 13.2 Å². The molecule has 0 saturated heterocycles. The molecule has 0 radical (unpaired) electrons. The third-order valence-electron chi connectivity index (χ3n) is 1.70. The minimum Gasteiger partial charge on any atom is -0.236 e. The summed E-state index contributed by atoms with van der Waals surface area (Å²) in [7, 11) is 0. The fraction of sp³-hybridized carbons (Fsp3) is 0.125. The summed E-state index contributed by atoms with van der Waals surface area (Å²) in [6.45, 7) is 0. The Morgan fingerprint density at radius 3 is 2.60 bits per heavy atom. The van der Waals surface area contributed by atoms with Gasteiger partial charge in [-0.2, -0.15) is 13.2 Å². The van der Waals surface area contributed by atoms with E-state index in [1.807, 2.05) is 0 Å². The van der Waals surface area contributed by atoms with Gasteiger partial charge >= 0.3 is 6.18 Å². The van der Waals surface area contributed by atoms with Crippen LogP contribution >= 0.6 is 12.6 Å². The van der Waals surface area contributed by atoms with E-state index in [-0.39, 0.29) is 10.7 Å². The molecule has 2 aromatic rings. The Kier molecular flexibility index (Phi) is 2.26. The number of hydrogen-bond donors (Lipinski definition) is 1. The Morgan fingerprint density at radius 2 is 1.93 bits per heavy atom. The van der Waals surface area contributed by atoms with Gasteiger partial charge in [0.1, 0.15) is 5.03 Å². The van der Waals surface area contributed by atoms with Crippen molar-refractivity contribution in [1.82, 2.24) is 15.0 Å². The average Bonchev–Trinajstić information content (AvgIpc) is 2.16. The second kappa shape index (κ2) is 3.34. The lowest BCUT2D eigenvalue weighted by Gasteiger charge is -2.06. The van der Waals surface area contributed by atoms with Crippen molar-refractivity contribution >= 4 is 23.7 Å². The fourth-order valence-electron chi connectivity index (χ4n) is 1.07. The van der Waals surface area contributed by atoms with Gasteiger partial charge in [0.05, 0.1) is 5.39 Å². The summed E-state index contributed by atoms with van der Waals surface area (Å²) in [4.78, 5) is 10.3. The number of aromatic nitrogens is 3. The van der Waals surface area contributed by atoms with Gasteiger partial charge < -0.3 is 0 Å². The van der Waals surface area contributed by atoms with Crippen LogP contribution < -0.4 is 0 Å². The van der Waals surface area contributed by atoms with Crippen molar-refractivity contribution < 1.29 is 13.2 Å². The number of thiol groups is 1. The summed E-state index contributed by atoms with van der Waals surface area (Å²) in [5, 5.41) is 0.370. The minimum atomic E-state index is -4.58. The number of nitrogens with zero attached hydrogens (tertiary/aromatic N) is 3. The highest BCUT2D eigenvalue weighted by molar-refractivity contribution is 7.80. The number of hydrogen-bond acceptors (Lipinski definition) is 4. The van der Waals surface area contributed by atoms with Gasteiger partial charge in [-0.1, -0.05) is 0 Å². The van der Waals surface area contributed by atoms with Crippen molar-refractivity contribution in [2.45, 2.75) is 11.2 Å². The molecular weight excluding hydrogens is 227 g/mol. The smallest absolute Gasteiger partial charge is 0.236 e. The Morgan fingerprint density at radius 1 is 1.20 bits per heavy atom. The second-order valence-electron chi connectivity index (χ2n) is 2.74. The summed E-state index contributed by atoms with van der Waals surface area (Å²) in [5.74, 6) is -1.22. The van der Waals surface area contributed by atoms with Crippen molar-refractivity contribution in [3.8, 4) is 0 Å². The zero-order chi connectivity index (χ0) is 11.1. The first-order valence-corrected chi connectivity index (χ1v) is 4.32. The molecule has 0 N–H and O–H groups in total. The maximum Gasteiger partial charge on any atom is 0.451 e. The quantitative estimate of drug-likeness (QED) is 0.558. The Hall–Kier alpha value is -1.37. The molecule has 78 valence electrons. The standard InChI is InChI=1S/C8H4F3N3S/c9-8(10,11)7-13-5-4(6(15)14-7)2-1-3-12-5/h1-3H,(H,12,13,14,15). The lowest BCUT2D eigenvalue weighted by atomic mass is 10.3. The molecule has 0 spiro atoms. The van der Waals surface area contributed by atoms with E-state index < -0.39 is 12.0 Å². The van der Waals surface area contributed by atoms with Gasteiger partial charge in [0.25, 0.3) is 0 Å². The molecule has 0 unspecified atom stereocenters. The van der Waals surface area contributed by atoms with Gasteiger partial charge in [-0.3, -0.25) is 0 Å². The predicted molar refractivity (Wildman–Crippen MR) is 49.6 cm³/mol. The molecular formula is C8H4F3N3S. The minimum absolute atomic E-state index is 0.00942. The maximum absolute atomic E-state index is 12.3. The summed E-state index contributed by atoms with van der Waals surface area (Å²) in [5.41, 5.74) is -0.00942. The molecule has 0 aliphatic carbocycles. The van der Waals surface area contributed by atoms with Crippen LogP contribution in [-0.2, 0) is 6.18 Å². The van der Waals surface area contributed by atoms with Gasteiger partial charge in [0.2, 0.25) is 5.82 Å². The number of pyridine rings is 1. The van der Waals surface area contributed by atoms with Crippen LogP contribution in [0.4, 0.5) is 13.2 Å². The third-order valence-corrected chi connectivity index (χ3v) is 2.05. The van der Waals surface area contributed by atoms with Gasteiger partial charge in [-0.15, -0.1) is 12.6 Å². The zero-order valence-electron chi connectivity index (χ0n) is 7.15. The van der Waals surface area contributed by atoms with Crippen LogP contribution in [0.1, 0.15) is 5.82 Å². The van der Waals surface area contributed by atoms with Crippen LogP contribution in [0.5, 0.6) is 0 Å². The molecule has 0 saturated carbocycles. The Balaban J connectivity index is 2.73. The second-order valence-corrected chi connectivity index (χ2v) is 3.17. The van der Waals surface area contributed by atoms with Crippen molar-refractivity contribution in [3.63, 3.8) is 0 Å². The molecule has 0 aliphatic heterocycles. The van der Waals surface area contributed by atoms with Crippen LogP contribution in [0.25, 0.3) is 11.0 Å². The fourth-order valence-corrected chi connectivity index (χ4v) is 1.34. The van der Waals surface area contributed by atoms with E-state index in [2.05, 4.69) is 27.6 Å². The molecule has 0 bridgehead atoms. The molecule has 0 amide bonds. The molecule has 3 nitrogen and oxygen atoms in total. The molecule has 7 heteroatoms. The highest BCUT2D eigenvalue weighted by atomic mass is 32.1. The van der Waals surface area contributed by atoms with Crippen LogP contribution in [0.2, 0.25) is 0 Å². The van der Waals surface area contributed by atoms with E-state index >= 15 is 0 Å². The molecule has 2 rings (SSSR count).